The molecule has 2 aromatic rings. The van der Waals surface area contributed by atoms with E-state index in [0.717, 1.165) is 11.4 Å². The lowest BCUT2D eigenvalue weighted by molar-refractivity contribution is 0.357. The fraction of sp³-hybridized carbons (Fsp3) is 0.0909. The van der Waals surface area contributed by atoms with Gasteiger partial charge in [-0.25, -0.2) is 9.98 Å². The number of anilines is 1. The average Bonchev–Trinajstić information content (AvgIpc) is 2.40. The lowest BCUT2D eigenvalue weighted by atomic mass is 10.2. The summed E-state index contributed by atoms with van der Waals surface area (Å²) in [6.07, 6.45) is 3.06. The summed E-state index contributed by atoms with van der Waals surface area (Å²) in [4.78, 5) is 16.5. The Morgan fingerprint density at radius 2 is 2.12 bits per heavy atom. The molecule has 3 heterocycles. The maximum atomic E-state index is 5.72. The van der Waals surface area contributed by atoms with Gasteiger partial charge in [0.05, 0.1) is 5.69 Å². The van der Waals surface area contributed by atoms with Gasteiger partial charge in [0.2, 0.25) is 5.88 Å². The Morgan fingerprint density at radius 3 is 2.94 bits per heavy atom. The number of rotatable bonds is 1. The molecule has 0 unspecified atom stereocenters. The first-order valence-corrected chi connectivity index (χ1v) is 5.07. The van der Waals surface area contributed by atoms with Crippen LogP contribution in [-0.2, 0) is 0 Å². The molecule has 6 heteroatoms. The minimum atomic E-state index is 0.308. The van der Waals surface area contributed by atoms with Crippen molar-refractivity contribution in [2.24, 2.45) is 4.99 Å². The Balaban J connectivity index is 2.09. The molecule has 0 atom stereocenters. The number of nitrogen functional groups attached to an aromatic ring is 1. The summed E-state index contributed by atoms with van der Waals surface area (Å²) in [5.74, 6) is 0.723. The highest BCUT2D eigenvalue weighted by Crippen LogP contribution is 2.32. The van der Waals surface area contributed by atoms with Gasteiger partial charge in [0.25, 0.3) is 0 Å². The molecular weight excluding hydrogens is 218 g/mol. The van der Waals surface area contributed by atoms with Crippen molar-refractivity contribution in [1.82, 2.24) is 15.0 Å². The van der Waals surface area contributed by atoms with E-state index < -0.39 is 0 Å². The zero-order valence-corrected chi connectivity index (χ0v) is 8.87. The third kappa shape index (κ3) is 1.69. The first kappa shape index (κ1) is 9.71. The zero-order valence-electron chi connectivity index (χ0n) is 8.87. The van der Waals surface area contributed by atoms with Crippen LogP contribution < -0.4 is 10.5 Å². The molecule has 0 amide bonds. The van der Waals surface area contributed by atoms with E-state index in [1.807, 2.05) is 18.2 Å². The second-order valence-corrected chi connectivity index (χ2v) is 3.47. The fourth-order valence-electron chi connectivity index (χ4n) is 1.55. The van der Waals surface area contributed by atoms with Crippen molar-refractivity contribution in [3.8, 4) is 5.88 Å². The fourth-order valence-corrected chi connectivity index (χ4v) is 1.55. The van der Waals surface area contributed by atoms with Gasteiger partial charge in [-0.3, -0.25) is 4.98 Å². The van der Waals surface area contributed by atoms with E-state index in [-0.39, 0.29) is 0 Å². The number of pyridine rings is 1. The average molecular weight is 227 g/mol. The van der Waals surface area contributed by atoms with E-state index in [1.54, 1.807) is 6.20 Å². The number of ether oxygens (including phenoxy) is 1. The van der Waals surface area contributed by atoms with E-state index in [4.69, 9.17) is 10.5 Å². The molecule has 0 aromatic carbocycles. The highest BCUT2D eigenvalue weighted by atomic mass is 16.5. The van der Waals surface area contributed by atoms with Crippen molar-refractivity contribution >= 4 is 17.2 Å². The first-order chi connectivity index (χ1) is 8.34. The third-order valence-electron chi connectivity index (χ3n) is 2.37. The number of hydrogen-bond donors (Lipinski definition) is 1. The summed E-state index contributed by atoms with van der Waals surface area (Å²) in [6, 6.07) is 5.61. The summed E-state index contributed by atoms with van der Waals surface area (Å²) < 4.78 is 5.47. The Labute approximate surface area is 97.2 Å². The summed E-state index contributed by atoms with van der Waals surface area (Å²) in [5.41, 5.74) is 7.68. The molecule has 17 heavy (non-hydrogen) atoms. The van der Waals surface area contributed by atoms with Crippen LogP contribution in [0.15, 0.2) is 35.7 Å². The summed E-state index contributed by atoms with van der Waals surface area (Å²) in [7, 11) is 0. The minimum Gasteiger partial charge on any atom is -0.469 e. The Bertz CT molecular complexity index is 582. The number of nitrogens with zero attached hydrogens (tertiary/aromatic N) is 4. The largest absolute Gasteiger partial charge is 0.469 e. The molecule has 84 valence electrons. The van der Waals surface area contributed by atoms with Crippen LogP contribution in [0.25, 0.3) is 0 Å². The first-order valence-electron chi connectivity index (χ1n) is 5.07. The Hall–Kier alpha value is -2.50. The molecule has 1 aliphatic rings. The molecule has 0 fully saturated rings. The number of nitrogens with two attached hydrogens (primary N) is 1. The van der Waals surface area contributed by atoms with E-state index in [9.17, 15) is 0 Å². The highest BCUT2D eigenvalue weighted by Gasteiger charge is 2.18. The monoisotopic (exact) mass is 227 g/mol. The van der Waals surface area contributed by atoms with Gasteiger partial charge < -0.3 is 10.5 Å². The number of hydrogen-bond acceptors (Lipinski definition) is 6. The van der Waals surface area contributed by atoms with Crippen LogP contribution in [0.1, 0.15) is 5.69 Å². The molecule has 0 bridgehead atoms. The van der Waals surface area contributed by atoms with Gasteiger partial charge in [-0.05, 0) is 12.1 Å². The number of fused-ring (bicyclic) bond motifs is 1. The summed E-state index contributed by atoms with van der Waals surface area (Å²) in [5, 5.41) is 0. The molecule has 0 spiro atoms. The van der Waals surface area contributed by atoms with Crippen LogP contribution >= 0.6 is 0 Å². The Kier molecular flexibility index (Phi) is 2.18. The molecule has 2 aromatic heterocycles. The quantitative estimate of drug-likeness (QED) is 0.784. The normalized spacial score (nSPS) is 13.5. The maximum Gasteiger partial charge on any atom is 0.245 e. The topological polar surface area (TPSA) is 86.3 Å². The summed E-state index contributed by atoms with van der Waals surface area (Å²) in [6.45, 7) is 0.334. The maximum absolute atomic E-state index is 5.72. The van der Waals surface area contributed by atoms with Gasteiger partial charge >= 0.3 is 0 Å². The highest BCUT2D eigenvalue weighted by molar-refractivity contribution is 6.03. The zero-order chi connectivity index (χ0) is 11.7. The predicted molar refractivity (Wildman–Crippen MR) is 62.4 cm³/mol. The molecule has 0 aliphatic carbocycles. The molecule has 1 aliphatic heterocycles. The van der Waals surface area contributed by atoms with Gasteiger partial charge in [-0.1, -0.05) is 6.07 Å². The molecule has 0 saturated carbocycles. The van der Waals surface area contributed by atoms with Crippen molar-refractivity contribution < 1.29 is 4.74 Å². The second kappa shape index (κ2) is 3.82. The van der Waals surface area contributed by atoms with E-state index >= 15 is 0 Å². The molecule has 3 rings (SSSR count). The second-order valence-electron chi connectivity index (χ2n) is 3.47. The molecule has 0 saturated heterocycles. The lowest BCUT2D eigenvalue weighted by Crippen LogP contribution is -2.18. The molecular formula is C11H9N5O. The molecule has 0 radical (unpaired) electrons. The lowest BCUT2D eigenvalue weighted by Gasteiger charge is -2.15. The van der Waals surface area contributed by atoms with Crippen LogP contribution in [0.5, 0.6) is 5.88 Å². The van der Waals surface area contributed by atoms with E-state index in [2.05, 4.69) is 19.9 Å². The smallest absolute Gasteiger partial charge is 0.245 e. The Morgan fingerprint density at radius 1 is 1.18 bits per heavy atom. The standard InChI is InChI=1S/C11H9N5O/c12-10-9-11(15-6-14-10)17-5-8(16-9)7-3-1-2-4-13-7/h1-4,6H,5H2,(H2,12,14,15). The number of aliphatic imine (C=N–C) groups is 1. The van der Waals surface area contributed by atoms with Gasteiger partial charge in [0.1, 0.15) is 18.6 Å². The van der Waals surface area contributed by atoms with Gasteiger partial charge in [0, 0.05) is 6.20 Å². The van der Waals surface area contributed by atoms with Crippen molar-refractivity contribution in [1.29, 1.82) is 0 Å². The molecule has 6 nitrogen and oxygen atoms in total. The van der Waals surface area contributed by atoms with Crippen LogP contribution in [0.3, 0.4) is 0 Å². The summed E-state index contributed by atoms with van der Waals surface area (Å²) >= 11 is 0. The van der Waals surface area contributed by atoms with Gasteiger partial charge in [0.15, 0.2) is 11.5 Å². The van der Waals surface area contributed by atoms with Crippen LogP contribution in [0.4, 0.5) is 11.5 Å². The SMILES string of the molecule is Nc1ncnc2c1N=C(c1ccccn1)CO2. The van der Waals surface area contributed by atoms with Crippen molar-refractivity contribution in [3.05, 3.63) is 36.4 Å². The van der Waals surface area contributed by atoms with E-state index in [1.165, 1.54) is 6.33 Å². The minimum absolute atomic E-state index is 0.308. The van der Waals surface area contributed by atoms with Gasteiger partial charge in [-0.2, -0.15) is 4.98 Å². The van der Waals surface area contributed by atoms with Crippen molar-refractivity contribution in [3.63, 3.8) is 0 Å². The van der Waals surface area contributed by atoms with E-state index in [0.29, 0.717) is 24.0 Å². The van der Waals surface area contributed by atoms with Crippen molar-refractivity contribution in [2.75, 3.05) is 12.3 Å². The van der Waals surface area contributed by atoms with Crippen LogP contribution in [0.2, 0.25) is 0 Å². The van der Waals surface area contributed by atoms with Crippen LogP contribution in [-0.4, -0.2) is 27.3 Å². The van der Waals surface area contributed by atoms with Crippen molar-refractivity contribution in [2.45, 2.75) is 0 Å². The predicted octanol–water partition coefficient (Wildman–Crippen LogP) is 0.967. The van der Waals surface area contributed by atoms with Gasteiger partial charge in [-0.15, -0.1) is 0 Å². The molecule has 2 N–H and O–H groups in total. The van der Waals surface area contributed by atoms with Crippen LogP contribution in [0, 0.1) is 0 Å². The number of aromatic nitrogens is 3. The third-order valence-corrected chi connectivity index (χ3v) is 2.37.